The SMILES string of the molecule is [2H][C@@H]1[C@@H](O)[C@@H](CO)O[C@H]1n1cnc2c(N)ncnc21. The molecule has 0 radical (unpaired) electrons. The lowest BCUT2D eigenvalue weighted by Gasteiger charge is -2.13. The zero-order valence-electron chi connectivity index (χ0n) is 10.3. The summed E-state index contributed by atoms with van der Waals surface area (Å²) in [6.07, 6.45) is -0.828. The van der Waals surface area contributed by atoms with Crippen LogP contribution < -0.4 is 5.73 Å². The van der Waals surface area contributed by atoms with Crippen molar-refractivity contribution < 1.29 is 16.3 Å². The smallest absolute Gasteiger partial charge is 0.167 e. The summed E-state index contributed by atoms with van der Waals surface area (Å²) in [7, 11) is 0. The molecule has 96 valence electrons. The van der Waals surface area contributed by atoms with E-state index in [1.165, 1.54) is 17.2 Å². The molecule has 3 heterocycles. The molecule has 0 amide bonds. The number of hydrogen-bond donors (Lipinski definition) is 3. The topological polar surface area (TPSA) is 119 Å². The van der Waals surface area contributed by atoms with Crippen molar-refractivity contribution in [1.29, 1.82) is 0 Å². The van der Waals surface area contributed by atoms with Crippen LogP contribution in [0.5, 0.6) is 0 Å². The Morgan fingerprint density at radius 1 is 1.56 bits per heavy atom. The number of ether oxygens (including phenoxy) is 1. The fraction of sp³-hybridized carbons (Fsp3) is 0.500. The minimum absolute atomic E-state index is 0.238. The van der Waals surface area contributed by atoms with Crippen LogP contribution >= 0.6 is 0 Å². The minimum Gasteiger partial charge on any atom is -0.394 e. The van der Waals surface area contributed by atoms with E-state index in [9.17, 15) is 5.11 Å². The molecule has 18 heavy (non-hydrogen) atoms. The summed E-state index contributed by atoms with van der Waals surface area (Å²) in [5, 5.41) is 18.9. The molecule has 0 bridgehead atoms. The van der Waals surface area contributed by atoms with Gasteiger partial charge in [0.2, 0.25) is 0 Å². The fourth-order valence-electron chi connectivity index (χ4n) is 1.96. The highest BCUT2D eigenvalue weighted by Gasteiger charge is 2.35. The van der Waals surface area contributed by atoms with Crippen LogP contribution in [0.2, 0.25) is 0 Å². The van der Waals surface area contributed by atoms with Crippen LogP contribution in [0, 0.1) is 0 Å². The molecule has 1 saturated heterocycles. The van der Waals surface area contributed by atoms with Gasteiger partial charge in [0.15, 0.2) is 11.5 Å². The van der Waals surface area contributed by atoms with Crippen molar-refractivity contribution in [3.63, 3.8) is 0 Å². The van der Waals surface area contributed by atoms with Gasteiger partial charge in [-0.1, -0.05) is 0 Å². The molecule has 8 nitrogen and oxygen atoms in total. The molecule has 0 spiro atoms. The van der Waals surface area contributed by atoms with Gasteiger partial charge in [-0.2, -0.15) is 0 Å². The summed E-state index contributed by atoms with van der Waals surface area (Å²) < 4.78 is 14.9. The van der Waals surface area contributed by atoms with E-state index in [0.29, 0.717) is 11.2 Å². The Balaban J connectivity index is 2.04. The number of fused-ring (bicyclic) bond motifs is 1. The summed E-state index contributed by atoms with van der Waals surface area (Å²) in [6.45, 7) is -0.350. The van der Waals surface area contributed by atoms with Crippen molar-refractivity contribution in [2.24, 2.45) is 0 Å². The predicted octanol–water partition coefficient (Wildman–Crippen LogP) is -0.951. The van der Waals surface area contributed by atoms with Gasteiger partial charge < -0.3 is 20.7 Å². The average Bonchev–Trinajstić information content (AvgIpc) is 2.94. The van der Waals surface area contributed by atoms with Gasteiger partial charge in [0.05, 0.1) is 19.0 Å². The molecule has 3 rings (SSSR count). The largest absolute Gasteiger partial charge is 0.394 e. The number of hydrogen-bond acceptors (Lipinski definition) is 7. The third kappa shape index (κ3) is 1.62. The normalized spacial score (nSPS) is 32.9. The van der Waals surface area contributed by atoms with Gasteiger partial charge >= 0.3 is 0 Å². The summed E-state index contributed by atoms with van der Waals surface area (Å²) in [5.74, 6) is 0.238. The summed E-state index contributed by atoms with van der Waals surface area (Å²) in [5.41, 5.74) is 6.53. The number of nitrogens with two attached hydrogens (primary N) is 1. The number of aromatic nitrogens is 4. The number of aliphatic hydroxyl groups is 2. The van der Waals surface area contributed by atoms with Crippen LogP contribution in [-0.2, 0) is 4.74 Å². The van der Waals surface area contributed by atoms with E-state index < -0.39 is 24.8 Å². The lowest BCUT2D eigenvalue weighted by molar-refractivity contribution is -0.0432. The fourth-order valence-corrected chi connectivity index (χ4v) is 1.96. The van der Waals surface area contributed by atoms with E-state index >= 15 is 0 Å². The maximum atomic E-state index is 9.79. The molecule has 0 unspecified atom stereocenters. The van der Waals surface area contributed by atoms with Crippen molar-refractivity contribution in [1.82, 2.24) is 19.5 Å². The Hall–Kier alpha value is -1.77. The third-order valence-corrected chi connectivity index (χ3v) is 2.90. The van der Waals surface area contributed by atoms with E-state index in [-0.39, 0.29) is 12.4 Å². The summed E-state index contributed by atoms with van der Waals surface area (Å²) in [4.78, 5) is 12.0. The summed E-state index contributed by atoms with van der Waals surface area (Å²) in [6, 6.07) is 0. The second kappa shape index (κ2) is 4.16. The molecule has 4 atom stereocenters. The van der Waals surface area contributed by atoms with Crippen LogP contribution in [-0.4, -0.2) is 48.5 Å². The van der Waals surface area contributed by atoms with E-state index in [4.69, 9.17) is 16.9 Å². The second-order valence-corrected chi connectivity index (χ2v) is 4.01. The molecule has 1 aliphatic rings. The molecule has 0 aliphatic carbocycles. The zero-order chi connectivity index (χ0) is 13.6. The Kier molecular flexibility index (Phi) is 2.35. The third-order valence-electron chi connectivity index (χ3n) is 2.90. The Morgan fingerprint density at radius 3 is 3.11 bits per heavy atom. The van der Waals surface area contributed by atoms with E-state index in [1.807, 2.05) is 0 Å². The van der Waals surface area contributed by atoms with Gasteiger partial charge in [0, 0.05) is 7.77 Å². The highest BCUT2D eigenvalue weighted by molar-refractivity contribution is 5.81. The van der Waals surface area contributed by atoms with E-state index in [0.717, 1.165) is 0 Å². The molecule has 8 heteroatoms. The number of anilines is 1. The van der Waals surface area contributed by atoms with Gasteiger partial charge in [-0.05, 0) is 0 Å². The molecule has 0 aromatic carbocycles. The van der Waals surface area contributed by atoms with Gasteiger partial charge in [-0.3, -0.25) is 4.57 Å². The second-order valence-electron chi connectivity index (χ2n) is 4.01. The zero-order valence-corrected chi connectivity index (χ0v) is 9.34. The number of aliphatic hydroxyl groups excluding tert-OH is 2. The maximum Gasteiger partial charge on any atom is 0.167 e. The lowest BCUT2D eigenvalue weighted by Crippen LogP contribution is -2.24. The van der Waals surface area contributed by atoms with E-state index in [2.05, 4.69) is 15.0 Å². The number of imidazole rings is 1. The van der Waals surface area contributed by atoms with Crippen molar-refractivity contribution in [3.8, 4) is 0 Å². The Morgan fingerprint density at radius 2 is 2.39 bits per heavy atom. The molecular formula is C10H13N5O3. The predicted molar refractivity (Wildman–Crippen MR) is 61.4 cm³/mol. The first kappa shape index (κ1) is 10.2. The molecule has 0 saturated carbocycles. The quantitative estimate of drug-likeness (QED) is 0.630. The van der Waals surface area contributed by atoms with Crippen LogP contribution in [0.1, 0.15) is 14.0 Å². The first-order valence-corrected chi connectivity index (χ1v) is 5.43. The van der Waals surface area contributed by atoms with Crippen LogP contribution in [0.3, 0.4) is 0 Å². The monoisotopic (exact) mass is 252 g/mol. The van der Waals surface area contributed by atoms with E-state index in [1.54, 1.807) is 0 Å². The first-order valence-electron chi connectivity index (χ1n) is 6.01. The molecule has 2 aromatic rings. The van der Waals surface area contributed by atoms with Gasteiger partial charge in [-0.15, -0.1) is 0 Å². The highest BCUT2D eigenvalue weighted by Crippen LogP contribution is 2.30. The van der Waals surface area contributed by atoms with Crippen molar-refractivity contribution in [3.05, 3.63) is 12.7 Å². The minimum atomic E-state index is -1.06. The molecular weight excluding hydrogens is 238 g/mol. The van der Waals surface area contributed by atoms with Crippen LogP contribution in [0.15, 0.2) is 12.7 Å². The number of rotatable bonds is 2. The van der Waals surface area contributed by atoms with Crippen LogP contribution in [0.25, 0.3) is 11.2 Å². The van der Waals surface area contributed by atoms with Crippen molar-refractivity contribution in [2.75, 3.05) is 12.3 Å². The number of nitrogen functional groups attached to an aromatic ring is 1. The molecule has 1 fully saturated rings. The standard InChI is InChI=1S/C10H13N5O3/c11-9-8-10(13-3-12-9)15(4-14-8)7-1-5(17)6(2-16)18-7/h3-7,16-17H,1-2H2,(H2,11,12,13)/t5-,6-,7-/m1/s1/i1D/t1-,5-,6-,7-. The lowest BCUT2D eigenvalue weighted by atomic mass is 10.2. The molecule has 2 aromatic heterocycles. The van der Waals surface area contributed by atoms with Crippen LogP contribution in [0.4, 0.5) is 5.82 Å². The highest BCUT2D eigenvalue weighted by atomic mass is 16.5. The molecule has 1 aliphatic heterocycles. The van der Waals surface area contributed by atoms with Crippen molar-refractivity contribution in [2.45, 2.75) is 24.8 Å². The Labute approximate surface area is 103 Å². The number of nitrogens with zero attached hydrogens (tertiary/aromatic N) is 4. The average molecular weight is 252 g/mol. The first-order chi connectivity index (χ1) is 9.13. The maximum absolute atomic E-state index is 9.79. The van der Waals surface area contributed by atoms with Gasteiger partial charge in [0.1, 0.15) is 24.2 Å². The summed E-state index contributed by atoms with van der Waals surface area (Å²) >= 11 is 0. The van der Waals surface area contributed by atoms with Crippen molar-refractivity contribution >= 4 is 17.0 Å². The van der Waals surface area contributed by atoms with Gasteiger partial charge in [-0.25, -0.2) is 15.0 Å². The van der Waals surface area contributed by atoms with Gasteiger partial charge in [0.25, 0.3) is 0 Å². The Bertz CT molecular complexity index is 606. The molecule has 4 N–H and O–H groups in total.